The lowest BCUT2D eigenvalue weighted by Crippen LogP contribution is -2.57. The number of hydrogen-bond donors (Lipinski definition) is 2. The van der Waals surface area contributed by atoms with Crippen LogP contribution in [0.3, 0.4) is 0 Å². The van der Waals surface area contributed by atoms with Crippen LogP contribution in [0, 0.1) is 0 Å². The maximum Gasteiger partial charge on any atom is 0.322 e. The second-order valence-corrected chi connectivity index (χ2v) is 4.77. The molecule has 0 aliphatic carbocycles. The van der Waals surface area contributed by atoms with Gasteiger partial charge in [0.15, 0.2) is 0 Å². The van der Waals surface area contributed by atoms with Crippen molar-refractivity contribution in [2.24, 2.45) is 0 Å². The Morgan fingerprint density at radius 3 is 2.44 bits per heavy atom. The molecule has 1 spiro atoms. The van der Waals surface area contributed by atoms with Crippen LogP contribution in [-0.4, -0.2) is 60.0 Å². The highest BCUT2D eigenvalue weighted by Gasteiger charge is 2.48. The van der Waals surface area contributed by atoms with E-state index in [1.54, 1.807) is 16.8 Å². The van der Waals surface area contributed by atoms with E-state index in [1.807, 2.05) is 6.92 Å². The molecular weight excluding hydrogens is 236 g/mol. The summed E-state index contributed by atoms with van der Waals surface area (Å²) in [4.78, 5) is 38.2. The van der Waals surface area contributed by atoms with E-state index in [4.69, 9.17) is 0 Å². The van der Waals surface area contributed by atoms with Crippen molar-refractivity contribution in [3.8, 4) is 0 Å². The van der Waals surface area contributed by atoms with Gasteiger partial charge in [0.05, 0.1) is 0 Å². The quantitative estimate of drug-likeness (QED) is 0.632. The first-order valence-corrected chi connectivity index (χ1v) is 6.12. The lowest BCUT2D eigenvalue weighted by atomic mass is 9.88. The molecule has 2 saturated heterocycles. The van der Waals surface area contributed by atoms with Crippen molar-refractivity contribution >= 4 is 18.0 Å². The molecule has 0 bridgehead atoms. The molecule has 100 valence electrons. The minimum Gasteiger partial charge on any atom is -0.328 e. The normalized spacial score (nSPS) is 21.8. The van der Waals surface area contributed by atoms with Gasteiger partial charge < -0.3 is 15.1 Å². The van der Waals surface area contributed by atoms with Crippen LogP contribution in [-0.2, 0) is 4.79 Å². The van der Waals surface area contributed by atoms with Crippen LogP contribution in [0.15, 0.2) is 0 Å². The van der Waals surface area contributed by atoms with Crippen LogP contribution in [0.5, 0.6) is 0 Å². The molecule has 2 aliphatic heterocycles. The van der Waals surface area contributed by atoms with Gasteiger partial charge in [0.1, 0.15) is 5.54 Å². The van der Waals surface area contributed by atoms with Crippen LogP contribution in [0.1, 0.15) is 19.8 Å². The molecule has 7 nitrogen and oxygen atoms in total. The Morgan fingerprint density at radius 1 is 1.39 bits per heavy atom. The van der Waals surface area contributed by atoms with Gasteiger partial charge in [-0.05, 0) is 19.8 Å². The summed E-state index contributed by atoms with van der Waals surface area (Å²) < 4.78 is 0. The molecule has 18 heavy (non-hydrogen) atoms. The Kier molecular flexibility index (Phi) is 3.14. The van der Waals surface area contributed by atoms with Gasteiger partial charge in [-0.2, -0.15) is 0 Å². The summed E-state index contributed by atoms with van der Waals surface area (Å²) in [5.74, 6) is -0.275. The average molecular weight is 254 g/mol. The molecule has 0 saturated carbocycles. The number of piperidine rings is 1. The fourth-order valence-corrected chi connectivity index (χ4v) is 2.34. The largest absolute Gasteiger partial charge is 0.328 e. The molecule has 0 radical (unpaired) electrons. The average Bonchev–Trinajstić information content (AvgIpc) is 2.63. The molecule has 0 aromatic carbocycles. The zero-order valence-electron chi connectivity index (χ0n) is 10.7. The second kappa shape index (κ2) is 4.47. The van der Waals surface area contributed by atoms with E-state index < -0.39 is 11.6 Å². The number of imide groups is 1. The van der Waals surface area contributed by atoms with E-state index in [2.05, 4.69) is 10.6 Å². The fourth-order valence-electron chi connectivity index (χ4n) is 2.34. The predicted molar refractivity (Wildman–Crippen MR) is 63.9 cm³/mol. The molecule has 0 aromatic rings. The zero-order valence-corrected chi connectivity index (χ0v) is 10.7. The minimum atomic E-state index is -0.807. The third-order valence-corrected chi connectivity index (χ3v) is 3.70. The third kappa shape index (κ3) is 2.00. The van der Waals surface area contributed by atoms with Crippen LogP contribution >= 0.6 is 0 Å². The maximum absolute atomic E-state index is 11.9. The van der Waals surface area contributed by atoms with Gasteiger partial charge in [-0.1, -0.05) is 0 Å². The van der Waals surface area contributed by atoms with Gasteiger partial charge in [0, 0.05) is 26.7 Å². The van der Waals surface area contributed by atoms with Crippen LogP contribution in [0.25, 0.3) is 0 Å². The van der Waals surface area contributed by atoms with Gasteiger partial charge in [-0.3, -0.25) is 10.1 Å². The molecule has 2 heterocycles. The lowest BCUT2D eigenvalue weighted by molar-refractivity contribution is -0.125. The number of urea groups is 2. The smallest absolute Gasteiger partial charge is 0.322 e. The Labute approximate surface area is 105 Å². The van der Waals surface area contributed by atoms with Crippen molar-refractivity contribution in [1.82, 2.24) is 20.4 Å². The van der Waals surface area contributed by atoms with Crippen molar-refractivity contribution in [3.63, 3.8) is 0 Å². The third-order valence-electron chi connectivity index (χ3n) is 3.70. The highest BCUT2D eigenvalue weighted by atomic mass is 16.2. The minimum absolute atomic E-state index is 0.0305. The van der Waals surface area contributed by atoms with Crippen LogP contribution in [0.2, 0.25) is 0 Å². The van der Waals surface area contributed by atoms with E-state index in [0.717, 1.165) is 0 Å². The molecule has 0 unspecified atom stereocenters. The number of rotatable bonds is 1. The van der Waals surface area contributed by atoms with E-state index in [9.17, 15) is 14.4 Å². The summed E-state index contributed by atoms with van der Waals surface area (Å²) in [7, 11) is 1.75. The molecule has 2 N–H and O–H groups in total. The summed E-state index contributed by atoms with van der Waals surface area (Å²) >= 11 is 0. The first-order chi connectivity index (χ1) is 8.48. The molecule has 5 amide bonds. The molecule has 0 atom stereocenters. The number of hydrogen-bond acceptors (Lipinski definition) is 3. The summed E-state index contributed by atoms with van der Waals surface area (Å²) in [6, 6.07) is -0.470. The molecular formula is C11H18N4O3. The van der Waals surface area contributed by atoms with E-state index >= 15 is 0 Å². The van der Waals surface area contributed by atoms with Gasteiger partial charge in [-0.25, -0.2) is 9.59 Å². The van der Waals surface area contributed by atoms with Crippen molar-refractivity contribution in [2.45, 2.75) is 25.3 Å². The van der Waals surface area contributed by atoms with Crippen LogP contribution in [0.4, 0.5) is 9.59 Å². The van der Waals surface area contributed by atoms with E-state index in [-0.39, 0.29) is 11.9 Å². The fraction of sp³-hybridized carbons (Fsp3) is 0.727. The Bertz CT molecular complexity index is 388. The second-order valence-electron chi connectivity index (χ2n) is 4.77. The number of nitrogens with zero attached hydrogens (tertiary/aromatic N) is 2. The van der Waals surface area contributed by atoms with E-state index in [0.29, 0.717) is 32.5 Å². The highest BCUT2D eigenvalue weighted by molar-refractivity contribution is 6.07. The first-order valence-electron chi connectivity index (χ1n) is 6.12. The Morgan fingerprint density at radius 2 is 2.00 bits per heavy atom. The van der Waals surface area contributed by atoms with Gasteiger partial charge in [0.25, 0.3) is 5.91 Å². The number of nitrogens with one attached hydrogen (secondary N) is 2. The van der Waals surface area contributed by atoms with E-state index in [1.165, 1.54) is 0 Å². The van der Waals surface area contributed by atoms with Gasteiger partial charge >= 0.3 is 12.1 Å². The maximum atomic E-state index is 11.9. The summed E-state index contributed by atoms with van der Waals surface area (Å²) in [6.07, 6.45) is 0.932. The topological polar surface area (TPSA) is 81.8 Å². The number of carbonyl (C=O) groups excluding carboxylic acids is 3. The zero-order chi connectivity index (χ0) is 13.3. The van der Waals surface area contributed by atoms with Crippen molar-refractivity contribution < 1.29 is 14.4 Å². The monoisotopic (exact) mass is 254 g/mol. The predicted octanol–water partition coefficient (Wildman–Crippen LogP) is -0.268. The molecule has 7 heteroatoms. The number of amides is 5. The lowest BCUT2D eigenvalue weighted by Gasteiger charge is -2.38. The van der Waals surface area contributed by atoms with Gasteiger partial charge in [-0.15, -0.1) is 0 Å². The molecule has 2 rings (SSSR count). The van der Waals surface area contributed by atoms with Gasteiger partial charge in [0.2, 0.25) is 0 Å². The van der Waals surface area contributed by atoms with Crippen molar-refractivity contribution in [2.75, 3.05) is 26.7 Å². The Hall–Kier alpha value is -1.79. The van der Waals surface area contributed by atoms with Crippen molar-refractivity contribution in [3.05, 3.63) is 0 Å². The Balaban J connectivity index is 1.98. The molecule has 2 fully saturated rings. The summed E-state index contributed by atoms with van der Waals surface area (Å²) in [5.41, 5.74) is -0.807. The highest BCUT2D eigenvalue weighted by Crippen LogP contribution is 2.25. The number of likely N-dealkylation sites (tertiary alicyclic amines) is 1. The summed E-state index contributed by atoms with van der Waals surface area (Å²) in [5, 5.41) is 4.92. The SMILES string of the molecule is CCN(C)C(=O)N1CCC2(CC1)NC(=O)NC2=O. The molecule has 2 aliphatic rings. The molecule has 0 aromatic heterocycles. The van der Waals surface area contributed by atoms with Crippen LogP contribution < -0.4 is 10.6 Å². The first kappa shape index (κ1) is 12.7. The standard InChI is InChI=1S/C11H18N4O3/c1-3-14(2)10(18)15-6-4-11(5-7-15)8(16)12-9(17)13-11/h3-7H2,1-2H3,(H2,12,13,16,17). The summed E-state index contributed by atoms with van der Waals surface area (Å²) in [6.45, 7) is 3.53. The van der Waals surface area contributed by atoms with Crippen molar-refractivity contribution in [1.29, 1.82) is 0 Å². The number of carbonyl (C=O) groups is 3.